The summed E-state index contributed by atoms with van der Waals surface area (Å²) in [7, 11) is 0. The maximum atomic E-state index is 11.9. The lowest BCUT2D eigenvalue weighted by atomic mass is 9.85. The van der Waals surface area contributed by atoms with Gasteiger partial charge in [0, 0.05) is 24.8 Å². The van der Waals surface area contributed by atoms with Crippen LogP contribution in [0.1, 0.15) is 39.0 Å². The van der Waals surface area contributed by atoms with Crippen molar-refractivity contribution in [1.82, 2.24) is 5.32 Å². The third-order valence-electron chi connectivity index (χ3n) is 4.34. The largest absolute Gasteiger partial charge is 0.391 e. The van der Waals surface area contributed by atoms with Gasteiger partial charge < -0.3 is 21.1 Å². The number of carbonyl (C=O) groups is 3. The Morgan fingerprint density at radius 1 is 1.00 bits per heavy atom. The maximum absolute atomic E-state index is 11.9. The topological polar surface area (TPSA) is 108 Å². The summed E-state index contributed by atoms with van der Waals surface area (Å²) in [6.07, 6.45) is 4.70. The van der Waals surface area contributed by atoms with E-state index < -0.39 is 17.9 Å². The van der Waals surface area contributed by atoms with E-state index in [4.69, 9.17) is 0 Å². The van der Waals surface area contributed by atoms with Crippen LogP contribution in [-0.2, 0) is 14.4 Å². The molecule has 0 aliphatic heterocycles. The third-order valence-corrected chi connectivity index (χ3v) is 4.34. The van der Waals surface area contributed by atoms with E-state index >= 15 is 0 Å². The van der Waals surface area contributed by atoms with Crippen LogP contribution in [0.2, 0.25) is 0 Å². The number of rotatable bonds is 5. The van der Waals surface area contributed by atoms with Crippen molar-refractivity contribution in [2.75, 3.05) is 17.2 Å². The van der Waals surface area contributed by atoms with Gasteiger partial charge in [-0.2, -0.15) is 0 Å². The first-order chi connectivity index (χ1) is 12.0. The average molecular weight is 347 g/mol. The molecule has 0 saturated heterocycles. The van der Waals surface area contributed by atoms with Gasteiger partial charge in [0.05, 0.1) is 6.10 Å². The predicted octanol–water partition coefficient (Wildman–Crippen LogP) is 1.64. The fourth-order valence-electron chi connectivity index (χ4n) is 2.99. The molecular formula is C18H25N3O4. The Kier molecular flexibility index (Phi) is 6.94. The summed E-state index contributed by atoms with van der Waals surface area (Å²) < 4.78 is 0. The average Bonchev–Trinajstić information content (AvgIpc) is 2.61. The van der Waals surface area contributed by atoms with Crippen molar-refractivity contribution in [3.63, 3.8) is 0 Å². The highest BCUT2D eigenvalue weighted by atomic mass is 16.3. The fourth-order valence-corrected chi connectivity index (χ4v) is 2.99. The van der Waals surface area contributed by atoms with E-state index in [1.165, 1.54) is 13.3 Å². The first-order valence-corrected chi connectivity index (χ1v) is 8.60. The van der Waals surface area contributed by atoms with E-state index in [0.717, 1.165) is 25.7 Å². The van der Waals surface area contributed by atoms with E-state index in [1.807, 2.05) is 0 Å². The van der Waals surface area contributed by atoms with Gasteiger partial charge in [0.1, 0.15) is 0 Å². The van der Waals surface area contributed by atoms with Crippen LogP contribution in [-0.4, -0.2) is 35.5 Å². The number of anilines is 2. The normalized spacial score (nSPS) is 15.9. The molecule has 0 spiro atoms. The summed E-state index contributed by atoms with van der Waals surface area (Å²) in [6, 6.07) is 6.43. The minimum absolute atomic E-state index is 0.0817. The summed E-state index contributed by atoms with van der Waals surface area (Å²) in [5.74, 6) is -1.56. The lowest BCUT2D eigenvalue weighted by molar-refractivity contribution is -0.136. The van der Waals surface area contributed by atoms with Crippen molar-refractivity contribution in [3.05, 3.63) is 24.3 Å². The minimum atomic E-state index is -0.789. The molecule has 0 aromatic heterocycles. The minimum Gasteiger partial charge on any atom is -0.391 e. The fraction of sp³-hybridized carbons (Fsp3) is 0.500. The van der Waals surface area contributed by atoms with Crippen molar-refractivity contribution in [1.29, 1.82) is 0 Å². The molecule has 1 atom stereocenters. The molecule has 136 valence electrons. The highest BCUT2D eigenvalue weighted by Gasteiger charge is 2.23. The van der Waals surface area contributed by atoms with Crippen molar-refractivity contribution >= 4 is 29.1 Å². The van der Waals surface area contributed by atoms with Crippen LogP contribution in [0.25, 0.3) is 0 Å². The standard InChI is InChI=1S/C18H25N3O4/c1-12(22)20-14-7-9-15(10-8-14)21-18(25)17(24)19-11-16(23)13-5-3-2-4-6-13/h7-10,13,16,23H,2-6,11H2,1H3,(H,19,24)(H,20,22)(H,21,25). The van der Waals surface area contributed by atoms with Crippen LogP contribution < -0.4 is 16.0 Å². The second-order valence-corrected chi connectivity index (χ2v) is 6.39. The van der Waals surface area contributed by atoms with Crippen LogP contribution in [0.4, 0.5) is 11.4 Å². The molecule has 0 bridgehead atoms. The monoisotopic (exact) mass is 347 g/mol. The van der Waals surface area contributed by atoms with E-state index in [9.17, 15) is 19.5 Å². The molecule has 2 rings (SSSR count). The van der Waals surface area contributed by atoms with E-state index in [-0.39, 0.29) is 18.4 Å². The number of carbonyl (C=O) groups excluding carboxylic acids is 3. The molecule has 1 aliphatic rings. The zero-order valence-electron chi connectivity index (χ0n) is 14.4. The van der Waals surface area contributed by atoms with E-state index in [2.05, 4.69) is 16.0 Å². The number of nitrogens with one attached hydrogen (secondary N) is 3. The second kappa shape index (κ2) is 9.17. The molecule has 0 heterocycles. The highest BCUT2D eigenvalue weighted by Crippen LogP contribution is 2.26. The Morgan fingerprint density at radius 3 is 2.12 bits per heavy atom. The van der Waals surface area contributed by atoms with E-state index in [1.54, 1.807) is 24.3 Å². The molecular weight excluding hydrogens is 322 g/mol. The molecule has 1 aromatic rings. The second-order valence-electron chi connectivity index (χ2n) is 6.39. The Balaban J connectivity index is 1.77. The number of aliphatic hydroxyl groups is 1. The molecule has 3 amide bonds. The number of amides is 3. The van der Waals surface area contributed by atoms with Crippen molar-refractivity contribution in [3.8, 4) is 0 Å². The SMILES string of the molecule is CC(=O)Nc1ccc(NC(=O)C(=O)NCC(O)C2CCCCC2)cc1. The number of aliphatic hydroxyl groups excluding tert-OH is 1. The van der Waals surface area contributed by atoms with Gasteiger partial charge in [-0.25, -0.2) is 0 Å². The summed E-state index contributed by atoms with van der Waals surface area (Å²) in [6.45, 7) is 1.49. The van der Waals surface area contributed by atoms with Gasteiger partial charge in [0.15, 0.2) is 0 Å². The van der Waals surface area contributed by atoms with Crippen LogP contribution in [0.3, 0.4) is 0 Å². The van der Waals surface area contributed by atoms with Gasteiger partial charge in [0.25, 0.3) is 0 Å². The van der Waals surface area contributed by atoms with Crippen LogP contribution in [0.5, 0.6) is 0 Å². The molecule has 1 saturated carbocycles. The van der Waals surface area contributed by atoms with Crippen molar-refractivity contribution in [2.24, 2.45) is 5.92 Å². The van der Waals surface area contributed by atoms with E-state index in [0.29, 0.717) is 11.4 Å². The summed E-state index contributed by atoms with van der Waals surface area (Å²) in [4.78, 5) is 34.7. The zero-order chi connectivity index (χ0) is 18.2. The Bertz CT molecular complexity index is 609. The Morgan fingerprint density at radius 2 is 1.56 bits per heavy atom. The molecule has 4 N–H and O–H groups in total. The number of benzene rings is 1. The molecule has 7 heteroatoms. The number of hydrogen-bond acceptors (Lipinski definition) is 4. The molecule has 1 fully saturated rings. The Hall–Kier alpha value is -2.41. The summed E-state index contributed by atoms with van der Waals surface area (Å²) in [5.41, 5.74) is 1.05. The van der Waals surface area contributed by atoms with Gasteiger partial charge in [-0.3, -0.25) is 14.4 Å². The first kappa shape index (κ1) is 18.9. The molecule has 7 nitrogen and oxygen atoms in total. The summed E-state index contributed by atoms with van der Waals surface area (Å²) in [5, 5.41) is 17.7. The van der Waals surface area contributed by atoms with Crippen molar-refractivity contribution in [2.45, 2.75) is 45.1 Å². The lowest BCUT2D eigenvalue weighted by Crippen LogP contribution is -2.42. The van der Waals surface area contributed by atoms with Gasteiger partial charge in [0.2, 0.25) is 5.91 Å². The smallest absolute Gasteiger partial charge is 0.313 e. The molecule has 0 radical (unpaired) electrons. The van der Waals surface area contributed by atoms with Gasteiger partial charge >= 0.3 is 11.8 Å². The van der Waals surface area contributed by atoms with Crippen LogP contribution >= 0.6 is 0 Å². The molecule has 25 heavy (non-hydrogen) atoms. The third kappa shape index (κ3) is 6.19. The number of hydrogen-bond donors (Lipinski definition) is 4. The molecule has 1 aliphatic carbocycles. The zero-order valence-corrected chi connectivity index (χ0v) is 14.4. The maximum Gasteiger partial charge on any atom is 0.313 e. The predicted molar refractivity (Wildman–Crippen MR) is 95.0 cm³/mol. The Labute approximate surface area is 147 Å². The lowest BCUT2D eigenvalue weighted by Gasteiger charge is -2.26. The van der Waals surface area contributed by atoms with Gasteiger partial charge in [-0.05, 0) is 43.0 Å². The van der Waals surface area contributed by atoms with Gasteiger partial charge in [-0.1, -0.05) is 19.3 Å². The first-order valence-electron chi connectivity index (χ1n) is 8.60. The molecule has 1 aromatic carbocycles. The quantitative estimate of drug-likeness (QED) is 0.607. The van der Waals surface area contributed by atoms with Crippen LogP contribution in [0.15, 0.2) is 24.3 Å². The van der Waals surface area contributed by atoms with Crippen molar-refractivity contribution < 1.29 is 19.5 Å². The summed E-state index contributed by atoms with van der Waals surface area (Å²) >= 11 is 0. The van der Waals surface area contributed by atoms with Crippen LogP contribution in [0, 0.1) is 5.92 Å². The van der Waals surface area contributed by atoms with Gasteiger partial charge in [-0.15, -0.1) is 0 Å². The highest BCUT2D eigenvalue weighted by molar-refractivity contribution is 6.39. The molecule has 1 unspecified atom stereocenters.